The van der Waals surface area contributed by atoms with Crippen molar-refractivity contribution in [1.82, 2.24) is 5.32 Å². The van der Waals surface area contributed by atoms with Crippen LogP contribution in [0.25, 0.3) is 0 Å². The predicted octanol–water partition coefficient (Wildman–Crippen LogP) is 3.49. The molecule has 1 atom stereocenters. The minimum absolute atomic E-state index is 0.0244. The molecule has 4 heteroatoms. The Labute approximate surface area is 133 Å². The number of rotatable bonds is 10. The molecule has 0 aliphatic rings. The molecule has 0 aliphatic heterocycles. The summed E-state index contributed by atoms with van der Waals surface area (Å²) < 4.78 is 5.08. The van der Waals surface area contributed by atoms with Gasteiger partial charge in [0.05, 0.1) is 13.5 Å². The average Bonchev–Trinajstić information content (AvgIpc) is 2.53. The Bertz CT molecular complexity index is 468. The maximum absolute atomic E-state index is 12.0. The van der Waals surface area contributed by atoms with Gasteiger partial charge < -0.3 is 10.1 Å². The van der Waals surface area contributed by atoms with Crippen molar-refractivity contribution in [1.29, 1.82) is 0 Å². The Morgan fingerprint density at radius 2 is 1.86 bits per heavy atom. The molecule has 0 heterocycles. The lowest BCUT2D eigenvalue weighted by molar-refractivity contribution is -0.130. The van der Waals surface area contributed by atoms with Crippen LogP contribution in [0.3, 0.4) is 0 Å². The van der Waals surface area contributed by atoms with E-state index in [-0.39, 0.29) is 24.0 Å². The van der Waals surface area contributed by atoms with Gasteiger partial charge in [0.15, 0.2) is 0 Å². The monoisotopic (exact) mass is 305 g/mol. The SMILES string of the molecule is CCCCCC(C)C(=O)CC(=O)NCc1ccc(OC)cc1. The summed E-state index contributed by atoms with van der Waals surface area (Å²) in [5.74, 6) is 0.580. The lowest BCUT2D eigenvalue weighted by atomic mass is 9.97. The molecule has 1 unspecified atom stereocenters. The number of Topliss-reactive ketones (excluding diaryl/α,β-unsaturated/α-hetero) is 1. The number of methoxy groups -OCH3 is 1. The number of hydrogen-bond donors (Lipinski definition) is 1. The van der Waals surface area contributed by atoms with Crippen LogP contribution in [-0.2, 0) is 16.1 Å². The fraction of sp³-hybridized carbons (Fsp3) is 0.556. The standard InChI is InChI=1S/C18H27NO3/c1-4-5-6-7-14(2)17(20)12-18(21)19-13-15-8-10-16(22-3)11-9-15/h8-11,14H,4-7,12-13H2,1-3H3,(H,19,21). The van der Waals surface area contributed by atoms with Gasteiger partial charge in [0.2, 0.25) is 5.91 Å². The lowest BCUT2D eigenvalue weighted by Crippen LogP contribution is -2.27. The summed E-state index contributed by atoms with van der Waals surface area (Å²) in [6.07, 6.45) is 4.18. The quantitative estimate of drug-likeness (QED) is 0.532. The van der Waals surface area contributed by atoms with E-state index >= 15 is 0 Å². The fourth-order valence-electron chi connectivity index (χ4n) is 2.20. The van der Waals surface area contributed by atoms with Crippen LogP contribution >= 0.6 is 0 Å². The highest BCUT2D eigenvalue weighted by Gasteiger charge is 2.16. The molecule has 0 saturated carbocycles. The van der Waals surface area contributed by atoms with Crippen LogP contribution in [0.2, 0.25) is 0 Å². The Morgan fingerprint density at radius 1 is 1.18 bits per heavy atom. The Kier molecular flexibility index (Phi) is 8.26. The Balaban J connectivity index is 2.31. The first-order chi connectivity index (χ1) is 10.6. The third-order valence-electron chi connectivity index (χ3n) is 3.77. The van der Waals surface area contributed by atoms with E-state index in [9.17, 15) is 9.59 Å². The summed E-state index contributed by atoms with van der Waals surface area (Å²) in [5.41, 5.74) is 0.984. The van der Waals surface area contributed by atoms with Crippen molar-refractivity contribution >= 4 is 11.7 Å². The van der Waals surface area contributed by atoms with Gasteiger partial charge in [-0.25, -0.2) is 0 Å². The topological polar surface area (TPSA) is 55.4 Å². The molecule has 1 amide bonds. The maximum atomic E-state index is 12.0. The van der Waals surface area contributed by atoms with Gasteiger partial charge in [0.1, 0.15) is 11.5 Å². The van der Waals surface area contributed by atoms with Crippen molar-refractivity contribution in [2.24, 2.45) is 5.92 Å². The number of benzene rings is 1. The molecular weight excluding hydrogens is 278 g/mol. The number of hydrogen-bond acceptors (Lipinski definition) is 3. The van der Waals surface area contributed by atoms with Gasteiger partial charge in [-0.15, -0.1) is 0 Å². The maximum Gasteiger partial charge on any atom is 0.227 e. The van der Waals surface area contributed by atoms with E-state index < -0.39 is 0 Å². The van der Waals surface area contributed by atoms with Gasteiger partial charge in [-0.2, -0.15) is 0 Å². The Hall–Kier alpha value is -1.84. The molecule has 0 fully saturated rings. The summed E-state index contributed by atoms with van der Waals surface area (Å²) >= 11 is 0. The number of ketones is 1. The van der Waals surface area contributed by atoms with Crippen molar-refractivity contribution in [2.75, 3.05) is 7.11 Å². The zero-order chi connectivity index (χ0) is 16.4. The first-order valence-electron chi connectivity index (χ1n) is 7.99. The van der Waals surface area contributed by atoms with E-state index in [4.69, 9.17) is 4.74 Å². The number of amides is 1. The van der Waals surface area contributed by atoms with Gasteiger partial charge in [-0.1, -0.05) is 45.2 Å². The molecule has 1 aromatic rings. The van der Waals surface area contributed by atoms with Gasteiger partial charge >= 0.3 is 0 Å². The van der Waals surface area contributed by atoms with Crippen molar-refractivity contribution < 1.29 is 14.3 Å². The van der Waals surface area contributed by atoms with Crippen LogP contribution in [0, 0.1) is 5.92 Å². The molecule has 0 bridgehead atoms. The molecule has 0 aromatic heterocycles. The highest BCUT2D eigenvalue weighted by Crippen LogP contribution is 2.13. The van der Waals surface area contributed by atoms with Crippen LogP contribution in [0.4, 0.5) is 0 Å². The number of ether oxygens (including phenoxy) is 1. The summed E-state index contributed by atoms with van der Waals surface area (Å²) in [4.78, 5) is 23.8. The van der Waals surface area contributed by atoms with Crippen LogP contribution < -0.4 is 10.1 Å². The second-order valence-electron chi connectivity index (χ2n) is 5.66. The van der Waals surface area contributed by atoms with Crippen LogP contribution in [0.15, 0.2) is 24.3 Å². The number of nitrogens with one attached hydrogen (secondary N) is 1. The van der Waals surface area contributed by atoms with Crippen molar-refractivity contribution in [2.45, 2.75) is 52.5 Å². The van der Waals surface area contributed by atoms with Crippen LogP contribution in [-0.4, -0.2) is 18.8 Å². The second-order valence-corrected chi connectivity index (χ2v) is 5.66. The second kappa shape index (κ2) is 9.98. The first kappa shape index (κ1) is 18.2. The molecule has 0 radical (unpaired) electrons. The summed E-state index contributed by atoms with van der Waals surface area (Å²) in [6, 6.07) is 7.49. The molecule has 0 saturated heterocycles. The molecule has 0 spiro atoms. The van der Waals surface area contributed by atoms with Gasteiger partial charge in [-0.05, 0) is 24.1 Å². The highest BCUT2D eigenvalue weighted by molar-refractivity contribution is 5.98. The molecule has 22 heavy (non-hydrogen) atoms. The number of carbonyl (C=O) groups is 2. The Morgan fingerprint density at radius 3 is 2.45 bits per heavy atom. The average molecular weight is 305 g/mol. The predicted molar refractivity (Wildman–Crippen MR) is 87.8 cm³/mol. The normalized spacial score (nSPS) is 11.8. The number of unbranched alkanes of at least 4 members (excludes halogenated alkanes) is 2. The zero-order valence-corrected chi connectivity index (χ0v) is 13.9. The molecule has 0 aliphatic carbocycles. The largest absolute Gasteiger partial charge is 0.497 e. The molecule has 4 nitrogen and oxygen atoms in total. The smallest absolute Gasteiger partial charge is 0.227 e. The van der Waals surface area contributed by atoms with E-state index in [1.165, 1.54) is 0 Å². The van der Waals surface area contributed by atoms with Crippen LogP contribution in [0.1, 0.15) is 51.5 Å². The number of carbonyl (C=O) groups excluding carboxylic acids is 2. The highest BCUT2D eigenvalue weighted by atomic mass is 16.5. The van der Waals surface area contributed by atoms with Gasteiger partial charge in [0, 0.05) is 12.5 Å². The summed E-state index contributed by atoms with van der Waals surface area (Å²) in [6.45, 7) is 4.48. The van der Waals surface area contributed by atoms with Crippen molar-refractivity contribution in [3.63, 3.8) is 0 Å². The molecule has 1 N–H and O–H groups in total. The van der Waals surface area contributed by atoms with E-state index in [1.807, 2.05) is 31.2 Å². The van der Waals surface area contributed by atoms with E-state index in [0.29, 0.717) is 6.54 Å². The van der Waals surface area contributed by atoms with Gasteiger partial charge in [0.25, 0.3) is 0 Å². The molecule has 1 rings (SSSR count). The van der Waals surface area contributed by atoms with E-state index in [0.717, 1.165) is 37.0 Å². The molecule has 1 aromatic carbocycles. The zero-order valence-electron chi connectivity index (χ0n) is 13.9. The summed E-state index contributed by atoms with van der Waals surface area (Å²) in [7, 11) is 1.62. The third-order valence-corrected chi connectivity index (χ3v) is 3.77. The minimum Gasteiger partial charge on any atom is -0.497 e. The van der Waals surface area contributed by atoms with E-state index in [1.54, 1.807) is 7.11 Å². The van der Waals surface area contributed by atoms with Gasteiger partial charge in [-0.3, -0.25) is 9.59 Å². The van der Waals surface area contributed by atoms with Crippen molar-refractivity contribution in [3.8, 4) is 5.75 Å². The van der Waals surface area contributed by atoms with Crippen LogP contribution in [0.5, 0.6) is 5.75 Å². The fourth-order valence-corrected chi connectivity index (χ4v) is 2.20. The van der Waals surface area contributed by atoms with Crippen molar-refractivity contribution in [3.05, 3.63) is 29.8 Å². The third kappa shape index (κ3) is 6.74. The molecular formula is C18H27NO3. The van der Waals surface area contributed by atoms with E-state index in [2.05, 4.69) is 12.2 Å². The minimum atomic E-state index is -0.205. The first-order valence-corrected chi connectivity index (χ1v) is 7.99. The lowest BCUT2D eigenvalue weighted by Gasteiger charge is -2.10. The molecule has 122 valence electrons. The summed E-state index contributed by atoms with van der Waals surface area (Å²) in [5, 5.41) is 2.79.